The Balaban J connectivity index is 1.68. The zero-order valence-electron chi connectivity index (χ0n) is 13.5. The van der Waals surface area contributed by atoms with E-state index in [1.165, 1.54) is 5.56 Å². The summed E-state index contributed by atoms with van der Waals surface area (Å²) in [6.07, 6.45) is 2.06. The molecule has 1 amide bonds. The lowest BCUT2D eigenvalue weighted by Crippen LogP contribution is -2.52. The number of hydrogen-bond acceptors (Lipinski definition) is 4. The van der Waals surface area contributed by atoms with Crippen LogP contribution in [0.25, 0.3) is 11.0 Å². The number of carbonyl (C=O) groups excluding carboxylic acids is 1. The predicted octanol–water partition coefficient (Wildman–Crippen LogP) is 1.87. The summed E-state index contributed by atoms with van der Waals surface area (Å²) in [6.45, 7) is 7.81. The summed E-state index contributed by atoms with van der Waals surface area (Å²) in [5.41, 5.74) is 7.18. The van der Waals surface area contributed by atoms with Crippen LogP contribution in [0.4, 0.5) is 0 Å². The third-order valence-electron chi connectivity index (χ3n) is 4.48. The van der Waals surface area contributed by atoms with Crippen LogP contribution in [-0.2, 0) is 11.2 Å². The van der Waals surface area contributed by atoms with Crippen LogP contribution in [0.5, 0.6) is 0 Å². The average molecular weight is 301 g/mol. The Labute approximate surface area is 130 Å². The number of nitrogens with zero attached hydrogens (tertiary/aromatic N) is 2. The van der Waals surface area contributed by atoms with Crippen LogP contribution >= 0.6 is 0 Å². The first-order valence-electron chi connectivity index (χ1n) is 7.74. The van der Waals surface area contributed by atoms with Crippen molar-refractivity contribution in [1.82, 2.24) is 15.3 Å². The number of benzene rings is 1. The number of piperazine rings is 1. The second-order valence-corrected chi connectivity index (χ2v) is 6.15. The third-order valence-corrected chi connectivity index (χ3v) is 4.48. The standard InChI is InChI=1S/C17H23N3O2/c1-12-4-5-15-14(11-22-17(15)13(12)2)10-16(21)18-20-8-6-19(3)7-9-20/h4-5,11H,6-10H2,1-3H3,(H,18,21). The maximum absolute atomic E-state index is 12.2. The summed E-state index contributed by atoms with van der Waals surface area (Å²) >= 11 is 0. The van der Waals surface area contributed by atoms with Gasteiger partial charge in [0.1, 0.15) is 5.58 Å². The molecule has 0 radical (unpaired) electrons. The molecule has 1 aromatic carbocycles. The zero-order valence-corrected chi connectivity index (χ0v) is 13.5. The van der Waals surface area contributed by atoms with Gasteiger partial charge in [-0.05, 0) is 32.0 Å². The topological polar surface area (TPSA) is 48.7 Å². The molecule has 22 heavy (non-hydrogen) atoms. The number of rotatable bonds is 3. The van der Waals surface area contributed by atoms with Crippen molar-refractivity contribution in [3.05, 3.63) is 35.1 Å². The summed E-state index contributed by atoms with van der Waals surface area (Å²) in [5, 5.41) is 3.04. The van der Waals surface area contributed by atoms with E-state index in [1.807, 2.05) is 11.1 Å². The minimum Gasteiger partial charge on any atom is -0.464 e. The molecular formula is C17H23N3O2. The van der Waals surface area contributed by atoms with Gasteiger partial charge in [-0.1, -0.05) is 12.1 Å². The Bertz CT molecular complexity index is 685. The minimum atomic E-state index is 0.0190. The Hall–Kier alpha value is -1.85. The van der Waals surface area contributed by atoms with E-state index in [-0.39, 0.29) is 5.91 Å². The summed E-state index contributed by atoms with van der Waals surface area (Å²) in [5.74, 6) is 0.0190. The van der Waals surface area contributed by atoms with E-state index >= 15 is 0 Å². The van der Waals surface area contributed by atoms with Crippen LogP contribution in [0, 0.1) is 13.8 Å². The van der Waals surface area contributed by atoms with E-state index in [0.717, 1.165) is 48.3 Å². The summed E-state index contributed by atoms with van der Waals surface area (Å²) in [7, 11) is 2.10. The van der Waals surface area contributed by atoms with E-state index in [4.69, 9.17) is 4.42 Å². The third kappa shape index (κ3) is 3.00. The zero-order chi connectivity index (χ0) is 15.7. The number of hydrogen-bond donors (Lipinski definition) is 1. The van der Waals surface area contributed by atoms with Gasteiger partial charge in [0, 0.05) is 37.1 Å². The van der Waals surface area contributed by atoms with E-state index in [2.05, 4.69) is 37.3 Å². The summed E-state index contributed by atoms with van der Waals surface area (Å²) < 4.78 is 5.67. The van der Waals surface area contributed by atoms with Crippen LogP contribution in [0.1, 0.15) is 16.7 Å². The molecular weight excluding hydrogens is 278 g/mol. The average Bonchev–Trinajstić information content (AvgIpc) is 2.89. The maximum Gasteiger partial charge on any atom is 0.238 e. The molecule has 0 spiro atoms. The van der Waals surface area contributed by atoms with Gasteiger partial charge in [0.05, 0.1) is 12.7 Å². The van der Waals surface area contributed by atoms with Crippen molar-refractivity contribution in [2.45, 2.75) is 20.3 Å². The molecule has 118 valence electrons. The molecule has 1 saturated heterocycles. The van der Waals surface area contributed by atoms with Crippen LogP contribution < -0.4 is 5.43 Å². The smallest absolute Gasteiger partial charge is 0.238 e. The van der Waals surface area contributed by atoms with Crippen LogP contribution in [-0.4, -0.2) is 49.0 Å². The van der Waals surface area contributed by atoms with Crippen molar-refractivity contribution in [2.75, 3.05) is 33.2 Å². The van der Waals surface area contributed by atoms with E-state index in [9.17, 15) is 4.79 Å². The molecule has 1 N–H and O–H groups in total. The largest absolute Gasteiger partial charge is 0.464 e. The van der Waals surface area contributed by atoms with Gasteiger partial charge in [0.25, 0.3) is 0 Å². The number of fused-ring (bicyclic) bond motifs is 1. The van der Waals surface area contributed by atoms with Crippen molar-refractivity contribution in [3.8, 4) is 0 Å². The van der Waals surface area contributed by atoms with Crippen molar-refractivity contribution < 1.29 is 9.21 Å². The number of likely N-dealkylation sites (N-methyl/N-ethyl adjacent to an activating group) is 1. The van der Waals surface area contributed by atoms with Gasteiger partial charge < -0.3 is 9.32 Å². The van der Waals surface area contributed by atoms with Gasteiger partial charge in [-0.15, -0.1) is 0 Å². The second kappa shape index (κ2) is 6.10. The van der Waals surface area contributed by atoms with Crippen molar-refractivity contribution in [3.63, 3.8) is 0 Å². The number of aryl methyl sites for hydroxylation is 2. The van der Waals surface area contributed by atoms with Gasteiger partial charge in [-0.3, -0.25) is 10.2 Å². The van der Waals surface area contributed by atoms with Crippen LogP contribution in [0.15, 0.2) is 22.8 Å². The number of hydrazine groups is 1. The Morgan fingerprint density at radius 1 is 1.23 bits per heavy atom. The Morgan fingerprint density at radius 3 is 2.68 bits per heavy atom. The molecule has 0 aliphatic carbocycles. The lowest BCUT2D eigenvalue weighted by Gasteiger charge is -2.32. The highest BCUT2D eigenvalue weighted by Gasteiger charge is 2.17. The maximum atomic E-state index is 12.2. The molecule has 2 aromatic rings. The number of carbonyl (C=O) groups is 1. The van der Waals surface area contributed by atoms with Gasteiger partial charge in [0.2, 0.25) is 5.91 Å². The molecule has 0 unspecified atom stereocenters. The first kappa shape index (κ1) is 15.1. The number of nitrogens with one attached hydrogen (secondary N) is 1. The normalized spacial score (nSPS) is 17.0. The fraction of sp³-hybridized carbons (Fsp3) is 0.471. The molecule has 3 rings (SSSR count). The van der Waals surface area contributed by atoms with Crippen molar-refractivity contribution in [2.24, 2.45) is 0 Å². The molecule has 1 fully saturated rings. The van der Waals surface area contributed by atoms with Gasteiger partial charge in [0.15, 0.2) is 0 Å². The van der Waals surface area contributed by atoms with Crippen LogP contribution in [0.3, 0.4) is 0 Å². The molecule has 0 bridgehead atoms. The van der Waals surface area contributed by atoms with Gasteiger partial charge >= 0.3 is 0 Å². The minimum absolute atomic E-state index is 0.0190. The lowest BCUT2D eigenvalue weighted by atomic mass is 10.0. The lowest BCUT2D eigenvalue weighted by molar-refractivity contribution is -0.126. The SMILES string of the molecule is Cc1ccc2c(CC(=O)NN3CCN(C)CC3)coc2c1C. The predicted molar refractivity (Wildman–Crippen MR) is 86.6 cm³/mol. The molecule has 1 aliphatic heterocycles. The molecule has 0 saturated carbocycles. The first-order valence-corrected chi connectivity index (χ1v) is 7.74. The fourth-order valence-electron chi connectivity index (χ4n) is 2.83. The number of amides is 1. The quantitative estimate of drug-likeness (QED) is 0.940. The van der Waals surface area contributed by atoms with Crippen molar-refractivity contribution >= 4 is 16.9 Å². The molecule has 1 aliphatic rings. The van der Waals surface area contributed by atoms with E-state index < -0.39 is 0 Å². The molecule has 5 nitrogen and oxygen atoms in total. The van der Waals surface area contributed by atoms with Gasteiger partial charge in [-0.2, -0.15) is 0 Å². The molecule has 1 aromatic heterocycles. The Kier molecular flexibility index (Phi) is 4.18. The molecule has 0 atom stereocenters. The summed E-state index contributed by atoms with van der Waals surface area (Å²) in [6, 6.07) is 4.12. The second-order valence-electron chi connectivity index (χ2n) is 6.15. The van der Waals surface area contributed by atoms with Crippen LogP contribution in [0.2, 0.25) is 0 Å². The highest BCUT2D eigenvalue weighted by Crippen LogP contribution is 2.26. The Morgan fingerprint density at radius 2 is 1.95 bits per heavy atom. The first-order chi connectivity index (χ1) is 10.5. The highest BCUT2D eigenvalue weighted by molar-refractivity contribution is 5.89. The highest BCUT2D eigenvalue weighted by atomic mass is 16.3. The monoisotopic (exact) mass is 301 g/mol. The summed E-state index contributed by atoms with van der Waals surface area (Å²) in [4.78, 5) is 14.5. The molecule has 2 heterocycles. The van der Waals surface area contributed by atoms with E-state index in [1.54, 1.807) is 6.26 Å². The van der Waals surface area contributed by atoms with Gasteiger partial charge in [-0.25, -0.2) is 5.01 Å². The van der Waals surface area contributed by atoms with E-state index in [0.29, 0.717) is 6.42 Å². The van der Waals surface area contributed by atoms with Crippen molar-refractivity contribution in [1.29, 1.82) is 0 Å². The molecule has 5 heteroatoms. The fourth-order valence-corrected chi connectivity index (χ4v) is 2.83. The number of furan rings is 1.